The van der Waals surface area contributed by atoms with E-state index in [-0.39, 0.29) is 4.90 Å². The van der Waals surface area contributed by atoms with Crippen LogP contribution >= 0.6 is 15.9 Å². The van der Waals surface area contributed by atoms with E-state index in [1.54, 1.807) is 12.1 Å². The van der Waals surface area contributed by atoms with Gasteiger partial charge in [-0.25, -0.2) is 9.22 Å². The van der Waals surface area contributed by atoms with Crippen molar-refractivity contribution in [1.82, 2.24) is 4.83 Å². The Morgan fingerprint density at radius 2 is 1.96 bits per heavy atom. The van der Waals surface area contributed by atoms with Gasteiger partial charge in [0.15, 0.2) is 11.5 Å². The van der Waals surface area contributed by atoms with Gasteiger partial charge in [0, 0.05) is 0 Å². The molecule has 25 heavy (non-hydrogen) atoms. The third-order valence-corrected chi connectivity index (χ3v) is 4.88. The van der Waals surface area contributed by atoms with Gasteiger partial charge in [-0.3, -0.25) is 0 Å². The van der Waals surface area contributed by atoms with E-state index in [0.717, 1.165) is 24.3 Å². The van der Waals surface area contributed by atoms with Crippen molar-refractivity contribution in [2.75, 3.05) is 13.7 Å². The fraction of sp³-hybridized carbons (Fsp3) is 0.188. The number of halogens is 2. The van der Waals surface area contributed by atoms with E-state index in [1.165, 1.54) is 13.3 Å². The second-order valence-corrected chi connectivity index (χ2v) is 7.29. The summed E-state index contributed by atoms with van der Waals surface area (Å²) in [5.74, 6) is 0.516. The van der Waals surface area contributed by atoms with E-state index in [2.05, 4.69) is 25.9 Å². The zero-order chi connectivity index (χ0) is 18.4. The molecule has 0 spiro atoms. The fourth-order valence-corrected chi connectivity index (χ4v) is 3.30. The van der Waals surface area contributed by atoms with Crippen molar-refractivity contribution >= 4 is 32.2 Å². The molecule has 0 atom stereocenters. The number of hydrogen-bond donors (Lipinski definition) is 1. The van der Waals surface area contributed by atoms with E-state index in [0.29, 0.717) is 28.1 Å². The molecule has 0 aliphatic carbocycles. The van der Waals surface area contributed by atoms with Crippen LogP contribution < -0.4 is 14.3 Å². The summed E-state index contributed by atoms with van der Waals surface area (Å²) in [4.78, 5) is 1.99. The normalized spacial score (nSPS) is 11.5. The Kier molecular flexibility index (Phi) is 6.38. The van der Waals surface area contributed by atoms with Gasteiger partial charge in [-0.2, -0.15) is 13.5 Å². The molecular formula is C16H16BrFN2O4S. The van der Waals surface area contributed by atoms with Crippen molar-refractivity contribution in [3.05, 3.63) is 52.3 Å². The summed E-state index contributed by atoms with van der Waals surface area (Å²) in [6.07, 6.45) is 1.32. The Balaban J connectivity index is 2.19. The summed E-state index contributed by atoms with van der Waals surface area (Å²) in [5, 5.41) is 3.73. The number of nitrogens with one attached hydrogen (secondary N) is 1. The molecule has 0 amide bonds. The van der Waals surface area contributed by atoms with Gasteiger partial charge >= 0.3 is 0 Å². The monoisotopic (exact) mass is 430 g/mol. The number of hydrazone groups is 1. The largest absolute Gasteiger partial charge is 0.493 e. The zero-order valence-electron chi connectivity index (χ0n) is 13.5. The smallest absolute Gasteiger partial charge is 0.276 e. The third kappa shape index (κ3) is 4.93. The molecule has 0 saturated carbocycles. The molecule has 0 fully saturated rings. The minimum absolute atomic E-state index is 0.0866. The Labute approximate surface area is 153 Å². The van der Waals surface area contributed by atoms with E-state index in [1.807, 2.05) is 6.92 Å². The highest BCUT2D eigenvalue weighted by Crippen LogP contribution is 2.36. The average molecular weight is 431 g/mol. The van der Waals surface area contributed by atoms with E-state index < -0.39 is 15.8 Å². The maximum atomic E-state index is 12.9. The first-order valence-corrected chi connectivity index (χ1v) is 9.45. The van der Waals surface area contributed by atoms with Gasteiger partial charge in [0.25, 0.3) is 10.0 Å². The molecule has 0 aromatic heterocycles. The van der Waals surface area contributed by atoms with Crippen LogP contribution in [0.4, 0.5) is 4.39 Å². The summed E-state index contributed by atoms with van der Waals surface area (Å²) in [7, 11) is -2.37. The highest BCUT2D eigenvalue weighted by Gasteiger charge is 2.13. The number of ether oxygens (including phenoxy) is 2. The van der Waals surface area contributed by atoms with Crippen LogP contribution in [0, 0.1) is 5.82 Å². The summed E-state index contributed by atoms with van der Waals surface area (Å²) in [6, 6.07) is 7.81. The van der Waals surface area contributed by atoms with Crippen molar-refractivity contribution in [1.29, 1.82) is 0 Å². The third-order valence-electron chi connectivity index (χ3n) is 3.05. The lowest BCUT2D eigenvalue weighted by atomic mass is 10.2. The first-order chi connectivity index (χ1) is 11.9. The van der Waals surface area contributed by atoms with E-state index in [4.69, 9.17) is 9.47 Å². The van der Waals surface area contributed by atoms with Gasteiger partial charge in [0.2, 0.25) is 0 Å². The quantitative estimate of drug-likeness (QED) is 0.539. The molecule has 2 aromatic rings. The van der Waals surface area contributed by atoms with E-state index in [9.17, 15) is 12.8 Å². The SMILES string of the molecule is CCOc1c(Br)cc(C=NNS(=O)(=O)c2ccc(F)cc2)cc1OC. The first-order valence-electron chi connectivity index (χ1n) is 7.18. The predicted molar refractivity (Wildman–Crippen MR) is 96.2 cm³/mol. The molecule has 0 heterocycles. The van der Waals surface area contributed by atoms with Crippen molar-refractivity contribution < 1.29 is 22.3 Å². The Hall–Kier alpha value is -2.13. The molecule has 0 aliphatic rings. The lowest BCUT2D eigenvalue weighted by molar-refractivity contribution is 0.309. The molecule has 0 radical (unpaired) electrons. The molecule has 2 rings (SSSR count). The van der Waals surface area contributed by atoms with Crippen LogP contribution in [-0.4, -0.2) is 28.3 Å². The summed E-state index contributed by atoms with van der Waals surface area (Å²) < 4.78 is 48.4. The lowest BCUT2D eigenvalue weighted by Gasteiger charge is -2.12. The highest BCUT2D eigenvalue weighted by atomic mass is 79.9. The number of benzene rings is 2. The number of sulfonamides is 1. The van der Waals surface area contributed by atoms with Gasteiger partial charge in [-0.1, -0.05) is 0 Å². The van der Waals surface area contributed by atoms with Crippen LogP contribution in [0.5, 0.6) is 11.5 Å². The Morgan fingerprint density at radius 1 is 1.28 bits per heavy atom. The standard InChI is InChI=1S/C16H16BrFN2O4S/c1-3-24-16-14(17)8-11(9-15(16)23-2)10-19-20-25(21,22)13-6-4-12(18)5-7-13/h4-10,20H,3H2,1-2H3. The Morgan fingerprint density at radius 3 is 2.56 bits per heavy atom. The summed E-state index contributed by atoms with van der Waals surface area (Å²) >= 11 is 3.37. The van der Waals surface area contributed by atoms with Crippen LogP contribution in [0.3, 0.4) is 0 Å². The molecule has 1 N–H and O–H groups in total. The number of rotatable bonds is 7. The molecule has 134 valence electrons. The molecule has 0 aliphatic heterocycles. The van der Waals surface area contributed by atoms with Crippen molar-refractivity contribution in [3.63, 3.8) is 0 Å². The second kappa shape index (κ2) is 8.30. The molecule has 0 bridgehead atoms. The summed E-state index contributed by atoms with van der Waals surface area (Å²) in [5.41, 5.74) is 0.592. The van der Waals surface area contributed by atoms with Crippen LogP contribution in [0.1, 0.15) is 12.5 Å². The van der Waals surface area contributed by atoms with Crippen molar-refractivity contribution in [3.8, 4) is 11.5 Å². The van der Waals surface area contributed by atoms with Gasteiger partial charge in [-0.15, -0.1) is 0 Å². The molecule has 6 nitrogen and oxygen atoms in total. The minimum Gasteiger partial charge on any atom is -0.493 e. The van der Waals surface area contributed by atoms with Gasteiger partial charge < -0.3 is 9.47 Å². The lowest BCUT2D eigenvalue weighted by Crippen LogP contribution is -2.18. The molecule has 0 saturated heterocycles. The number of hydrogen-bond acceptors (Lipinski definition) is 5. The number of nitrogens with zero attached hydrogens (tertiary/aromatic N) is 1. The van der Waals surface area contributed by atoms with Gasteiger partial charge in [-0.05, 0) is 64.8 Å². The second-order valence-electron chi connectivity index (χ2n) is 4.77. The van der Waals surface area contributed by atoms with Crippen LogP contribution in [0.25, 0.3) is 0 Å². The predicted octanol–water partition coefficient (Wildman–Crippen LogP) is 3.31. The first kappa shape index (κ1) is 19.2. The maximum Gasteiger partial charge on any atom is 0.276 e. The topological polar surface area (TPSA) is 77.0 Å². The fourth-order valence-electron chi connectivity index (χ4n) is 1.94. The van der Waals surface area contributed by atoms with Crippen LogP contribution in [0.2, 0.25) is 0 Å². The maximum absolute atomic E-state index is 12.9. The van der Waals surface area contributed by atoms with E-state index >= 15 is 0 Å². The molecule has 2 aromatic carbocycles. The molecule has 9 heteroatoms. The van der Waals surface area contributed by atoms with Crippen molar-refractivity contribution in [2.24, 2.45) is 5.10 Å². The molecular weight excluding hydrogens is 415 g/mol. The van der Waals surface area contributed by atoms with Gasteiger partial charge in [0.05, 0.1) is 29.3 Å². The van der Waals surface area contributed by atoms with Crippen molar-refractivity contribution in [2.45, 2.75) is 11.8 Å². The average Bonchev–Trinajstić information content (AvgIpc) is 2.57. The minimum atomic E-state index is -3.87. The molecule has 0 unspecified atom stereocenters. The zero-order valence-corrected chi connectivity index (χ0v) is 15.9. The summed E-state index contributed by atoms with van der Waals surface area (Å²) in [6.45, 7) is 2.32. The number of methoxy groups -OCH3 is 1. The highest BCUT2D eigenvalue weighted by molar-refractivity contribution is 9.10. The van der Waals surface area contributed by atoms with Crippen LogP contribution in [-0.2, 0) is 10.0 Å². The Bertz CT molecular complexity index is 870. The van der Waals surface area contributed by atoms with Gasteiger partial charge in [0.1, 0.15) is 5.82 Å². The van der Waals surface area contributed by atoms with Crippen LogP contribution in [0.15, 0.2) is 50.9 Å².